The summed E-state index contributed by atoms with van der Waals surface area (Å²) in [6.45, 7) is 0. The van der Waals surface area contributed by atoms with E-state index in [1.807, 2.05) is 6.07 Å². The summed E-state index contributed by atoms with van der Waals surface area (Å²) in [5, 5.41) is 0. The van der Waals surface area contributed by atoms with Crippen LogP contribution in [-0.2, 0) is 0 Å². The van der Waals surface area contributed by atoms with E-state index in [-0.39, 0.29) is 0 Å². The van der Waals surface area contributed by atoms with Crippen molar-refractivity contribution in [2.45, 2.75) is 31.6 Å². The molecule has 0 spiro atoms. The van der Waals surface area contributed by atoms with Gasteiger partial charge in [-0.15, -0.1) is 0 Å². The zero-order chi connectivity index (χ0) is 10.3. The van der Waals surface area contributed by atoms with E-state index >= 15 is 0 Å². The van der Waals surface area contributed by atoms with E-state index in [9.17, 15) is 0 Å². The summed E-state index contributed by atoms with van der Waals surface area (Å²) in [4.78, 5) is 8.54. The smallest absolute Gasteiger partial charge is 0.200 e. The minimum atomic E-state index is 0.487. The first-order valence-corrected chi connectivity index (χ1v) is 5.36. The van der Waals surface area contributed by atoms with Crippen molar-refractivity contribution < 1.29 is 4.42 Å². The first-order chi connectivity index (χ1) is 7.33. The molecular weight excluding hydrogens is 190 g/mol. The van der Waals surface area contributed by atoms with Gasteiger partial charge in [-0.2, -0.15) is 4.98 Å². The molecule has 78 valence electrons. The second kappa shape index (κ2) is 3.22. The summed E-state index contributed by atoms with van der Waals surface area (Å²) in [7, 11) is 0. The largest absolute Gasteiger partial charge is 0.439 e. The number of oxazole rings is 1. The number of anilines is 1. The van der Waals surface area contributed by atoms with Crippen LogP contribution in [0.3, 0.4) is 0 Å². The molecular formula is C11H13N3O. The van der Waals surface area contributed by atoms with Crippen LogP contribution in [0.5, 0.6) is 0 Å². The van der Waals surface area contributed by atoms with E-state index in [1.165, 1.54) is 25.7 Å². The van der Waals surface area contributed by atoms with E-state index in [2.05, 4.69) is 9.97 Å². The summed E-state index contributed by atoms with van der Waals surface area (Å²) in [5.41, 5.74) is 6.97. The standard InChI is InChI=1S/C11H13N3O/c12-9-6-5-8-10(13-9)14-11(15-8)7-3-1-2-4-7/h5-7H,1-4H2,(H2,12,13). The van der Waals surface area contributed by atoms with Gasteiger partial charge in [-0.3, -0.25) is 0 Å². The maximum Gasteiger partial charge on any atom is 0.200 e. The van der Waals surface area contributed by atoms with Crippen LogP contribution >= 0.6 is 0 Å². The van der Waals surface area contributed by atoms with E-state index in [0.29, 0.717) is 17.4 Å². The van der Waals surface area contributed by atoms with Gasteiger partial charge in [0.25, 0.3) is 0 Å². The average molecular weight is 203 g/mol. The predicted molar refractivity (Wildman–Crippen MR) is 57.4 cm³/mol. The number of nitrogens with two attached hydrogens (primary N) is 1. The molecule has 1 aliphatic rings. The highest BCUT2D eigenvalue weighted by molar-refractivity contribution is 5.69. The molecule has 2 heterocycles. The predicted octanol–water partition coefficient (Wildman–Crippen LogP) is 2.46. The minimum absolute atomic E-state index is 0.487. The lowest BCUT2D eigenvalue weighted by Crippen LogP contribution is -1.92. The molecule has 0 radical (unpaired) electrons. The molecule has 2 N–H and O–H groups in total. The Morgan fingerprint density at radius 1 is 1.20 bits per heavy atom. The summed E-state index contributed by atoms with van der Waals surface area (Å²) in [6, 6.07) is 3.58. The fourth-order valence-corrected chi connectivity index (χ4v) is 2.20. The number of hydrogen-bond donors (Lipinski definition) is 1. The van der Waals surface area contributed by atoms with Crippen LogP contribution in [0.15, 0.2) is 16.5 Å². The van der Waals surface area contributed by atoms with Gasteiger partial charge in [-0.05, 0) is 25.0 Å². The van der Waals surface area contributed by atoms with Crippen LogP contribution in [0.1, 0.15) is 37.5 Å². The number of hydrogen-bond acceptors (Lipinski definition) is 4. The van der Waals surface area contributed by atoms with Crippen LogP contribution < -0.4 is 5.73 Å². The lowest BCUT2D eigenvalue weighted by molar-refractivity contribution is 0.474. The zero-order valence-corrected chi connectivity index (χ0v) is 8.44. The molecule has 0 aromatic carbocycles. The summed E-state index contributed by atoms with van der Waals surface area (Å²) < 4.78 is 5.68. The van der Waals surface area contributed by atoms with Crippen molar-refractivity contribution in [2.24, 2.45) is 0 Å². The highest BCUT2D eigenvalue weighted by Gasteiger charge is 2.22. The minimum Gasteiger partial charge on any atom is -0.439 e. The van der Waals surface area contributed by atoms with Crippen molar-refractivity contribution in [3.63, 3.8) is 0 Å². The second-order valence-corrected chi connectivity index (χ2v) is 4.09. The first-order valence-electron chi connectivity index (χ1n) is 5.36. The van der Waals surface area contributed by atoms with Crippen molar-refractivity contribution in [1.82, 2.24) is 9.97 Å². The lowest BCUT2D eigenvalue weighted by Gasteiger charge is -2.00. The van der Waals surface area contributed by atoms with Crippen molar-refractivity contribution in [3.8, 4) is 0 Å². The van der Waals surface area contributed by atoms with Crippen molar-refractivity contribution >= 4 is 17.0 Å². The van der Waals surface area contributed by atoms with Gasteiger partial charge in [0.15, 0.2) is 11.5 Å². The monoisotopic (exact) mass is 203 g/mol. The molecule has 0 saturated heterocycles. The number of aromatic nitrogens is 2. The molecule has 1 aliphatic carbocycles. The molecule has 4 nitrogen and oxygen atoms in total. The van der Waals surface area contributed by atoms with E-state index in [0.717, 1.165) is 11.5 Å². The number of nitrogens with zero attached hydrogens (tertiary/aromatic N) is 2. The normalized spacial score (nSPS) is 17.6. The molecule has 15 heavy (non-hydrogen) atoms. The summed E-state index contributed by atoms with van der Waals surface area (Å²) in [5.74, 6) is 1.81. The third-order valence-corrected chi connectivity index (χ3v) is 3.00. The van der Waals surface area contributed by atoms with Crippen LogP contribution in [0, 0.1) is 0 Å². The Hall–Kier alpha value is -1.58. The Bertz CT molecular complexity index is 486. The topological polar surface area (TPSA) is 64.9 Å². The van der Waals surface area contributed by atoms with Gasteiger partial charge in [-0.25, -0.2) is 4.98 Å². The summed E-state index contributed by atoms with van der Waals surface area (Å²) in [6.07, 6.45) is 4.92. The maximum absolute atomic E-state index is 5.68. The Morgan fingerprint density at radius 2 is 2.00 bits per heavy atom. The van der Waals surface area contributed by atoms with E-state index in [4.69, 9.17) is 10.2 Å². The molecule has 0 amide bonds. The van der Waals surface area contributed by atoms with Gasteiger partial charge < -0.3 is 10.2 Å². The number of rotatable bonds is 1. The Morgan fingerprint density at radius 3 is 2.80 bits per heavy atom. The van der Waals surface area contributed by atoms with Crippen LogP contribution in [0.2, 0.25) is 0 Å². The molecule has 0 atom stereocenters. The van der Waals surface area contributed by atoms with Crippen molar-refractivity contribution in [2.75, 3.05) is 5.73 Å². The third-order valence-electron chi connectivity index (χ3n) is 3.00. The lowest BCUT2D eigenvalue weighted by atomic mass is 10.1. The molecule has 3 rings (SSSR count). The average Bonchev–Trinajstić information content (AvgIpc) is 2.84. The van der Waals surface area contributed by atoms with E-state index < -0.39 is 0 Å². The molecule has 0 unspecified atom stereocenters. The maximum atomic E-state index is 5.68. The first kappa shape index (κ1) is 8.71. The number of pyridine rings is 1. The molecule has 0 aliphatic heterocycles. The van der Waals surface area contributed by atoms with Gasteiger partial charge in [-0.1, -0.05) is 12.8 Å². The molecule has 2 aromatic heterocycles. The number of nitrogen functional groups attached to an aromatic ring is 1. The third kappa shape index (κ3) is 1.46. The zero-order valence-electron chi connectivity index (χ0n) is 8.44. The van der Waals surface area contributed by atoms with Gasteiger partial charge in [0, 0.05) is 5.92 Å². The second-order valence-electron chi connectivity index (χ2n) is 4.09. The Kier molecular flexibility index (Phi) is 1.87. The molecule has 1 saturated carbocycles. The van der Waals surface area contributed by atoms with Crippen LogP contribution in [0.25, 0.3) is 11.2 Å². The summed E-state index contributed by atoms with van der Waals surface area (Å²) >= 11 is 0. The van der Waals surface area contributed by atoms with Gasteiger partial charge in [0.1, 0.15) is 5.82 Å². The molecule has 2 aromatic rings. The molecule has 0 bridgehead atoms. The number of fused-ring (bicyclic) bond motifs is 1. The molecule has 4 heteroatoms. The van der Waals surface area contributed by atoms with E-state index in [1.54, 1.807) is 6.07 Å². The molecule has 1 fully saturated rings. The highest BCUT2D eigenvalue weighted by Crippen LogP contribution is 2.34. The SMILES string of the molecule is Nc1ccc2oc(C3CCCC3)nc2n1. The van der Waals surface area contributed by atoms with Gasteiger partial charge in [0.05, 0.1) is 0 Å². The van der Waals surface area contributed by atoms with Gasteiger partial charge >= 0.3 is 0 Å². The fraction of sp³-hybridized carbons (Fsp3) is 0.455. The Balaban J connectivity index is 2.05. The fourth-order valence-electron chi connectivity index (χ4n) is 2.20. The highest BCUT2D eigenvalue weighted by atomic mass is 16.3. The van der Waals surface area contributed by atoms with Crippen LogP contribution in [0.4, 0.5) is 5.82 Å². The van der Waals surface area contributed by atoms with Gasteiger partial charge in [0.2, 0.25) is 5.65 Å². The Labute approximate surface area is 87.5 Å². The van der Waals surface area contributed by atoms with Crippen LogP contribution in [-0.4, -0.2) is 9.97 Å². The quantitative estimate of drug-likeness (QED) is 0.773. The van der Waals surface area contributed by atoms with Crippen molar-refractivity contribution in [3.05, 3.63) is 18.0 Å². The van der Waals surface area contributed by atoms with Crippen molar-refractivity contribution in [1.29, 1.82) is 0 Å².